The first-order valence-corrected chi connectivity index (χ1v) is 7.19. The molecule has 0 bridgehead atoms. The number of carbonyl (C=O) groups excluding carboxylic acids is 1. The molecular weight excluding hydrogens is 252 g/mol. The van der Waals surface area contributed by atoms with Crippen LogP contribution < -0.4 is 16.0 Å². The van der Waals surface area contributed by atoms with Crippen LogP contribution in [-0.4, -0.2) is 37.9 Å². The van der Waals surface area contributed by atoms with Crippen molar-refractivity contribution in [1.29, 1.82) is 0 Å². The van der Waals surface area contributed by atoms with E-state index in [4.69, 9.17) is 0 Å². The molecule has 1 aliphatic heterocycles. The lowest BCUT2D eigenvalue weighted by atomic mass is 10.1. The van der Waals surface area contributed by atoms with Crippen molar-refractivity contribution >= 4 is 17.4 Å². The van der Waals surface area contributed by atoms with E-state index in [1.54, 1.807) is 0 Å². The number of amidine groups is 1. The Labute approximate surface area is 119 Å². The zero-order valence-corrected chi connectivity index (χ0v) is 11.9. The molecule has 0 aromatic heterocycles. The van der Waals surface area contributed by atoms with Crippen LogP contribution in [0, 0.1) is 0 Å². The van der Waals surface area contributed by atoms with Gasteiger partial charge < -0.3 is 16.0 Å². The predicted octanol–water partition coefficient (Wildman–Crippen LogP) is 1.63. The fourth-order valence-corrected chi connectivity index (χ4v) is 2.05. The Hall–Kier alpha value is -2.04. The second kappa shape index (κ2) is 7.53. The quantitative estimate of drug-likeness (QED) is 0.662. The minimum absolute atomic E-state index is 0.0251. The monoisotopic (exact) mass is 274 g/mol. The molecular formula is C15H22N4O. The molecule has 1 aliphatic rings. The number of anilines is 1. The minimum Gasteiger partial charge on any atom is -0.377 e. The first-order valence-electron chi connectivity index (χ1n) is 7.19. The highest BCUT2D eigenvalue weighted by Crippen LogP contribution is 2.14. The van der Waals surface area contributed by atoms with Crippen LogP contribution in [0.1, 0.15) is 30.1 Å². The Morgan fingerprint density at radius 1 is 1.40 bits per heavy atom. The van der Waals surface area contributed by atoms with Gasteiger partial charge in [-0.2, -0.15) is 0 Å². The average molecular weight is 274 g/mol. The molecule has 2 rings (SSSR count). The zero-order chi connectivity index (χ0) is 14.2. The number of hydrogen-bond donors (Lipinski definition) is 3. The predicted molar refractivity (Wildman–Crippen MR) is 82.5 cm³/mol. The van der Waals surface area contributed by atoms with Crippen LogP contribution in [0.25, 0.3) is 0 Å². The lowest BCUT2D eigenvalue weighted by Gasteiger charge is -2.12. The van der Waals surface area contributed by atoms with Crippen molar-refractivity contribution in [2.75, 3.05) is 31.5 Å². The van der Waals surface area contributed by atoms with E-state index in [-0.39, 0.29) is 5.91 Å². The lowest BCUT2D eigenvalue weighted by molar-refractivity contribution is 0.0954. The smallest absolute Gasteiger partial charge is 0.253 e. The number of benzene rings is 1. The van der Waals surface area contributed by atoms with E-state index in [0.717, 1.165) is 44.0 Å². The van der Waals surface area contributed by atoms with E-state index in [2.05, 4.69) is 27.9 Å². The van der Waals surface area contributed by atoms with Crippen molar-refractivity contribution in [3.05, 3.63) is 29.8 Å². The van der Waals surface area contributed by atoms with Gasteiger partial charge in [0.15, 0.2) is 0 Å². The number of amides is 1. The van der Waals surface area contributed by atoms with Crippen molar-refractivity contribution in [2.24, 2.45) is 4.99 Å². The SMILES string of the molecule is CCCCNC(=O)c1ccccc1NCC1=NCCN1. The van der Waals surface area contributed by atoms with Crippen LogP contribution >= 0.6 is 0 Å². The second-order valence-electron chi connectivity index (χ2n) is 4.76. The van der Waals surface area contributed by atoms with Gasteiger partial charge in [0.2, 0.25) is 0 Å². The molecule has 0 unspecified atom stereocenters. The molecule has 0 saturated heterocycles. The van der Waals surface area contributed by atoms with Crippen LogP contribution in [-0.2, 0) is 0 Å². The Bertz CT molecular complexity index is 485. The summed E-state index contributed by atoms with van der Waals surface area (Å²) in [4.78, 5) is 16.5. The van der Waals surface area contributed by atoms with Gasteiger partial charge in [0.25, 0.3) is 5.91 Å². The summed E-state index contributed by atoms with van der Waals surface area (Å²) in [6, 6.07) is 7.57. The number of nitrogens with one attached hydrogen (secondary N) is 3. The summed E-state index contributed by atoms with van der Waals surface area (Å²) in [6.45, 7) is 5.18. The van der Waals surface area contributed by atoms with E-state index >= 15 is 0 Å². The fourth-order valence-electron chi connectivity index (χ4n) is 2.05. The number of aliphatic imine (C=N–C) groups is 1. The summed E-state index contributed by atoms with van der Waals surface area (Å²) in [7, 11) is 0. The van der Waals surface area contributed by atoms with E-state index < -0.39 is 0 Å². The third kappa shape index (κ3) is 3.98. The van der Waals surface area contributed by atoms with Crippen LogP contribution in [0.5, 0.6) is 0 Å². The van der Waals surface area contributed by atoms with Gasteiger partial charge in [-0.15, -0.1) is 0 Å². The van der Waals surface area contributed by atoms with Gasteiger partial charge in [0.05, 0.1) is 18.7 Å². The Morgan fingerprint density at radius 2 is 2.25 bits per heavy atom. The summed E-state index contributed by atoms with van der Waals surface area (Å²) in [5.41, 5.74) is 1.53. The topological polar surface area (TPSA) is 65.5 Å². The molecule has 0 atom stereocenters. The molecule has 5 heteroatoms. The molecule has 1 aromatic carbocycles. The first kappa shape index (κ1) is 14.4. The van der Waals surface area contributed by atoms with Crippen LogP contribution in [0.3, 0.4) is 0 Å². The van der Waals surface area contributed by atoms with E-state index in [1.165, 1.54) is 0 Å². The Morgan fingerprint density at radius 3 is 3.00 bits per heavy atom. The summed E-state index contributed by atoms with van der Waals surface area (Å²) in [5.74, 6) is 0.925. The molecule has 5 nitrogen and oxygen atoms in total. The van der Waals surface area contributed by atoms with E-state index in [1.807, 2.05) is 24.3 Å². The summed E-state index contributed by atoms with van der Waals surface area (Å²) < 4.78 is 0. The molecule has 0 radical (unpaired) electrons. The van der Waals surface area contributed by atoms with Crippen LogP contribution in [0.4, 0.5) is 5.69 Å². The molecule has 0 fully saturated rings. The normalized spacial score (nSPS) is 13.6. The molecule has 3 N–H and O–H groups in total. The molecule has 20 heavy (non-hydrogen) atoms. The standard InChI is InChI=1S/C15H22N4O/c1-2-3-8-18-15(20)12-6-4-5-7-13(12)19-11-14-16-9-10-17-14/h4-7,19H,2-3,8-11H2,1H3,(H,16,17)(H,18,20). The molecule has 1 aromatic rings. The van der Waals surface area contributed by atoms with Crippen LogP contribution in [0.2, 0.25) is 0 Å². The van der Waals surface area contributed by atoms with Crippen molar-refractivity contribution in [2.45, 2.75) is 19.8 Å². The van der Waals surface area contributed by atoms with Gasteiger partial charge >= 0.3 is 0 Å². The maximum Gasteiger partial charge on any atom is 0.253 e. The van der Waals surface area contributed by atoms with E-state index in [9.17, 15) is 4.79 Å². The van der Waals surface area contributed by atoms with Crippen molar-refractivity contribution in [1.82, 2.24) is 10.6 Å². The maximum atomic E-state index is 12.1. The zero-order valence-electron chi connectivity index (χ0n) is 11.9. The van der Waals surface area contributed by atoms with E-state index in [0.29, 0.717) is 12.1 Å². The first-order chi connectivity index (χ1) is 9.81. The summed E-state index contributed by atoms with van der Waals surface area (Å²) >= 11 is 0. The molecule has 0 saturated carbocycles. The summed E-state index contributed by atoms with van der Waals surface area (Å²) in [6.07, 6.45) is 2.08. The van der Waals surface area contributed by atoms with Gasteiger partial charge in [-0.25, -0.2) is 0 Å². The maximum absolute atomic E-state index is 12.1. The van der Waals surface area contributed by atoms with Crippen molar-refractivity contribution in [3.8, 4) is 0 Å². The minimum atomic E-state index is -0.0251. The van der Waals surface area contributed by atoms with Gasteiger partial charge in [-0.3, -0.25) is 9.79 Å². The highest BCUT2D eigenvalue weighted by atomic mass is 16.1. The van der Waals surface area contributed by atoms with Gasteiger partial charge in [-0.05, 0) is 18.6 Å². The third-order valence-corrected chi connectivity index (χ3v) is 3.18. The molecule has 0 aliphatic carbocycles. The Kier molecular flexibility index (Phi) is 5.41. The number of nitrogens with zero attached hydrogens (tertiary/aromatic N) is 1. The van der Waals surface area contributed by atoms with Crippen molar-refractivity contribution in [3.63, 3.8) is 0 Å². The molecule has 108 valence electrons. The highest BCUT2D eigenvalue weighted by Gasteiger charge is 2.11. The van der Waals surface area contributed by atoms with Crippen LogP contribution in [0.15, 0.2) is 29.3 Å². The molecule has 0 spiro atoms. The Balaban J connectivity index is 1.96. The third-order valence-electron chi connectivity index (χ3n) is 3.18. The fraction of sp³-hybridized carbons (Fsp3) is 0.467. The highest BCUT2D eigenvalue weighted by molar-refractivity contribution is 6.00. The van der Waals surface area contributed by atoms with Gasteiger partial charge in [0, 0.05) is 18.8 Å². The number of para-hydroxylation sites is 1. The number of unbranched alkanes of at least 4 members (excludes halogenated alkanes) is 1. The molecule has 1 heterocycles. The number of rotatable bonds is 7. The second-order valence-corrected chi connectivity index (χ2v) is 4.76. The lowest BCUT2D eigenvalue weighted by Crippen LogP contribution is -2.28. The number of hydrogen-bond acceptors (Lipinski definition) is 4. The summed E-state index contributed by atoms with van der Waals surface area (Å²) in [5, 5.41) is 9.42. The number of carbonyl (C=O) groups is 1. The average Bonchev–Trinajstić information content (AvgIpc) is 2.99. The van der Waals surface area contributed by atoms with Crippen molar-refractivity contribution < 1.29 is 4.79 Å². The van der Waals surface area contributed by atoms with Gasteiger partial charge in [-0.1, -0.05) is 25.5 Å². The largest absolute Gasteiger partial charge is 0.377 e. The van der Waals surface area contributed by atoms with Gasteiger partial charge in [0.1, 0.15) is 5.84 Å². The molecule has 1 amide bonds.